The van der Waals surface area contributed by atoms with Gasteiger partial charge in [0, 0.05) is 19.5 Å². The maximum atomic E-state index is 12.7. The quantitative estimate of drug-likeness (QED) is 0.646. The fraction of sp³-hybridized carbons (Fsp3) is 0.211. The third-order valence-electron chi connectivity index (χ3n) is 4.55. The fourth-order valence-corrected chi connectivity index (χ4v) is 5.52. The molecule has 0 bridgehead atoms. The van der Waals surface area contributed by atoms with E-state index in [1.54, 1.807) is 6.92 Å². The SMILES string of the molecule is C[C@@H](Cc1nc2ccccc2s1)NS(=O)(=O)c1ccc2c(c1)C(=O)N(C)C2=O. The van der Waals surface area contributed by atoms with Gasteiger partial charge in [-0.15, -0.1) is 11.3 Å². The van der Waals surface area contributed by atoms with E-state index >= 15 is 0 Å². The lowest BCUT2D eigenvalue weighted by Gasteiger charge is -2.13. The van der Waals surface area contributed by atoms with Crippen molar-refractivity contribution in [3.63, 3.8) is 0 Å². The summed E-state index contributed by atoms with van der Waals surface area (Å²) in [7, 11) is -2.47. The van der Waals surface area contributed by atoms with Crippen molar-refractivity contribution in [2.45, 2.75) is 24.3 Å². The number of sulfonamides is 1. The van der Waals surface area contributed by atoms with Gasteiger partial charge in [0.1, 0.15) is 0 Å². The molecule has 0 spiro atoms. The second kappa shape index (κ2) is 6.77. The van der Waals surface area contributed by atoms with Crippen LogP contribution in [0.15, 0.2) is 47.4 Å². The zero-order chi connectivity index (χ0) is 20.1. The summed E-state index contributed by atoms with van der Waals surface area (Å²) in [4.78, 5) is 29.5. The molecule has 2 aromatic carbocycles. The molecule has 3 aromatic rings. The normalized spacial score (nSPS) is 15.3. The standard InChI is InChI=1S/C19H17N3O4S2/c1-11(9-17-20-15-5-3-4-6-16(15)27-17)21-28(25,26)12-7-8-13-14(10-12)19(24)22(2)18(13)23/h3-8,10-11,21H,9H2,1-2H3/t11-/m0/s1. The Morgan fingerprint density at radius 2 is 1.82 bits per heavy atom. The van der Waals surface area contributed by atoms with E-state index in [0.717, 1.165) is 20.1 Å². The maximum Gasteiger partial charge on any atom is 0.261 e. The van der Waals surface area contributed by atoms with Gasteiger partial charge in [-0.05, 0) is 37.3 Å². The molecule has 9 heteroatoms. The number of benzene rings is 2. The average molecular weight is 415 g/mol. The Hall–Kier alpha value is -2.62. The Kier molecular flexibility index (Phi) is 4.53. The molecule has 0 saturated carbocycles. The van der Waals surface area contributed by atoms with Gasteiger partial charge in [0.15, 0.2) is 0 Å². The number of thiazole rings is 1. The Morgan fingerprint density at radius 3 is 2.57 bits per heavy atom. The third-order valence-corrected chi connectivity index (χ3v) is 7.19. The van der Waals surface area contributed by atoms with Crippen molar-refractivity contribution in [1.29, 1.82) is 0 Å². The molecule has 0 fully saturated rings. The van der Waals surface area contributed by atoms with Gasteiger partial charge in [0.25, 0.3) is 11.8 Å². The highest BCUT2D eigenvalue weighted by Gasteiger charge is 2.34. The van der Waals surface area contributed by atoms with Crippen LogP contribution in [0.5, 0.6) is 0 Å². The molecule has 4 rings (SSSR count). The lowest BCUT2D eigenvalue weighted by molar-refractivity contribution is 0.0693. The van der Waals surface area contributed by atoms with Gasteiger partial charge in [0.2, 0.25) is 10.0 Å². The van der Waals surface area contributed by atoms with Crippen LogP contribution in [0.3, 0.4) is 0 Å². The first-order valence-electron chi connectivity index (χ1n) is 8.59. The Labute approximate surface area is 166 Å². The maximum absolute atomic E-state index is 12.7. The summed E-state index contributed by atoms with van der Waals surface area (Å²) >= 11 is 1.53. The second-order valence-electron chi connectivity index (χ2n) is 6.68. The molecule has 2 amide bonds. The van der Waals surface area contributed by atoms with Crippen LogP contribution in [0.2, 0.25) is 0 Å². The van der Waals surface area contributed by atoms with Gasteiger partial charge in [-0.1, -0.05) is 12.1 Å². The number of imide groups is 1. The van der Waals surface area contributed by atoms with Gasteiger partial charge < -0.3 is 0 Å². The molecule has 144 valence electrons. The Balaban J connectivity index is 1.54. The number of nitrogens with zero attached hydrogens (tertiary/aromatic N) is 2. The minimum Gasteiger partial charge on any atom is -0.277 e. The molecule has 1 aliphatic heterocycles. The lowest BCUT2D eigenvalue weighted by Crippen LogP contribution is -2.34. The van der Waals surface area contributed by atoms with Crippen molar-refractivity contribution in [2.75, 3.05) is 7.05 Å². The molecule has 1 aliphatic rings. The van der Waals surface area contributed by atoms with E-state index in [1.165, 1.54) is 36.6 Å². The number of amides is 2. The van der Waals surface area contributed by atoms with Crippen molar-refractivity contribution in [3.8, 4) is 0 Å². The molecule has 7 nitrogen and oxygen atoms in total. The monoisotopic (exact) mass is 415 g/mol. The molecule has 0 aliphatic carbocycles. The van der Waals surface area contributed by atoms with Gasteiger partial charge in [-0.2, -0.15) is 0 Å². The Bertz CT molecular complexity index is 1180. The van der Waals surface area contributed by atoms with E-state index < -0.39 is 21.8 Å². The van der Waals surface area contributed by atoms with Crippen LogP contribution in [0.25, 0.3) is 10.2 Å². The third kappa shape index (κ3) is 3.21. The summed E-state index contributed by atoms with van der Waals surface area (Å²) in [5.74, 6) is -0.930. The van der Waals surface area contributed by atoms with Crippen LogP contribution in [0.4, 0.5) is 0 Å². The van der Waals surface area contributed by atoms with Gasteiger partial charge in [-0.3, -0.25) is 14.5 Å². The van der Waals surface area contributed by atoms with Crippen LogP contribution in [-0.2, 0) is 16.4 Å². The predicted octanol–water partition coefficient (Wildman–Crippen LogP) is 2.43. The number of hydrogen-bond acceptors (Lipinski definition) is 6. The fourth-order valence-electron chi connectivity index (χ4n) is 3.15. The largest absolute Gasteiger partial charge is 0.277 e. The topological polar surface area (TPSA) is 96.4 Å². The van der Waals surface area contributed by atoms with Crippen molar-refractivity contribution in [2.24, 2.45) is 0 Å². The summed E-state index contributed by atoms with van der Waals surface area (Å²) in [6, 6.07) is 11.3. The van der Waals surface area contributed by atoms with Crippen LogP contribution < -0.4 is 4.72 Å². The summed E-state index contributed by atoms with van der Waals surface area (Å²) in [6.45, 7) is 1.76. The predicted molar refractivity (Wildman–Crippen MR) is 106 cm³/mol. The summed E-state index contributed by atoms with van der Waals surface area (Å²) in [5, 5.41) is 0.841. The number of hydrogen-bond donors (Lipinski definition) is 1. The van der Waals surface area contributed by atoms with Gasteiger partial charge in [-0.25, -0.2) is 18.1 Å². The first kappa shape index (κ1) is 18.7. The molecule has 0 radical (unpaired) electrons. The van der Waals surface area contributed by atoms with Gasteiger partial charge in [0.05, 0.1) is 31.2 Å². The van der Waals surface area contributed by atoms with E-state index in [9.17, 15) is 18.0 Å². The van der Waals surface area contributed by atoms with E-state index in [4.69, 9.17) is 0 Å². The van der Waals surface area contributed by atoms with Crippen LogP contribution in [-0.4, -0.2) is 43.2 Å². The summed E-state index contributed by atoms with van der Waals surface area (Å²) < 4.78 is 29.2. The van der Waals surface area contributed by atoms with Crippen LogP contribution in [0.1, 0.15) is 32.6 Å². The first-order valence-corrected chi connectivity index (χ1v) is 10.9. The summed E-state index contributed by atoms with van der Waals surface area (Å²) in [6.07, 6.45) is 0.448. The molecular weight excluding hydrogens is 398 g/mol. The average Bonchev–Trinajstić information content (AvgIpc) is 3.15. The smallest absolute Gasteiger partial charge is 0.261 e. The van der Waals surface area contributed by atoms with Crippen molar-refractivity contribution >= 4 is 43.4 Å². The molecule has 1 aromatic heterocycles. The highest BCUT2D eigenvalue weighted by atomic mass is 32.2. The van der Waals surface area contributed by atoms with Crippen LogP contribution in [0, 0.1) is 0 Å². The number of rotatable bonds is 5. The molecule has 0 unspecified atom stereocenters. The number of fused-ring (bicyclic) bond motifs is 2. The Morgan fingerprint density at radius 1 is 1.11 bits per heavy atom. The molecule has 1 N–H and O–H groups in total. The highest BCUT2D eigenvalue weighted by Crippen LogP contribution is 2.25. The van der Waals surface area contributed by atoms with E-state index in [0.29, 0.717) is 6.42 Å². The summed E-state index contributed by atoms with van der Waals surface area (Å²) in [5.41, 5.74) is 1.21. The van der Waals surface area contributed by atoms with E-state index in [1.807, 2.05) is 24.3 Å². The molecular formula is C19H17N3O4S2. The number of para-hydroxylation sites is 1. The molecule has 0 saturated heterocycles. The molecule has 28 heavy (non-hydrogen) atoms. The lowest BCUT2D eigenvalue weighted by atomic mass is 10.1. The highest BCUT2D eigenvalue weighted by molar-refractivity contribution is 7.89. The van der Waals surface area contributed by atoms with Crippen molar-refractivity contribution in [3.05, 3.63) is 58.6 Å². The van der Waals surface area contributed by atoms with E-state index in [-0.39, 0.29) is 22.1 Å². The minimum atomic E-state index is -3.84. The van der Waals surface area contributed by atoms with Crippen molar-refractivity contribution < 1.29 is 18.0 Å². The number of carbonyl (C=O) groups is 2. The minimum absolute atomic E-state index is 0.0427. The number of aromatic nitrogens is 1. The zero-order valence-corrected chi connectivity index (χ0v) is 16.8. The first-order chi connectivity index (χ1) is 13.3. The second-order valence-corrected chi connectivity index (χ2v) is 9.51. The van der Waals surface area contributed by atoms with Crippen molar-refractivity contribution in [1.82, 2.24) is 14.6 Å². The molecule has 1 atom stereocenters. The van der Waals surface area contributed by atoms with Crippen LogP contribution >= 0.6 is 11.3 Å². The zero-order valence-electron chi connectivity index (χ0n) is 15.2. The van der Waals surface area contributed by atoms with E-state index in [2.05, 4.69) is 9.71 Å². The van der Waals surface area contributed by atoms with Gasteiger partial charge >= 0.3 is 0 Å². The number of carbonyl (C=O) groups excluding carboxylic acids is 2. The number of nitrogens with one attached hydrogen (secondary N) is 1. The molecule has 2 heterocycles.